The molecule has 1 aromatic carbocycles. The Hall–Kier alpha value is -1.89. The number of non-ortho nitro benzene ring substituents is 1. The Morgan fingerprint density at radius 2 is 2.15 bits per heavy atom. The van der Waals surface area contributed by atoms with E-state index in [0.29, 0.717) is 11.3 Å². The number of nitrogens with zero attached hydrogens (tertiary/aromatic N) is 3. The summed E-state index contributed by atoms with van der Waals surface area (Å²) in [5, 5.41) is 15.2. The Morgan fingerprint density at radius 1 is 1.45 bits per heavy atom. The monoisotopic (exact) mass is 339 g/mol. The van der Waals surface area contributed by atoms with Crippen LogP contribution in [0.25, 0.3) is 11.3 Å². The first-order valence-corrected chi connectivity index (χ1v) is 6.80. The SMILES string of the molecule is COc1ccc([N+](=O)[O-])cc1-c1c(Br)cnn1C(C)C. The van der Waals surface area contributed by atoms with Crippen molar-refractivity contribution in [2.24, 2.45) is 0 Å². The molecular weight excluding hydrogens is 326 g/mol. The molecule has 0 amide bonds. The molecule has 0 fully saturated rings. The minimum atomic E-state index is -0.424. The number of nitro benzene ring substituents is 1. The fourth-order valence-electron chi connectivity index (χ4n) is 1.98. The minimum absolute atomic E-state index is 0.0178. The van der Waals surface area contributed by atoms with Gasteiger partial charge in [0.1, 0.15) is 5.75 Å². The molecule has 0 saturated carbocycles. The van der Waals surface area contributed by atoms with Gasteiger partial charge in [0.05, 0.1) is 28.4 Å². The Morgan fingerprint density at radius 3 is 2.70 bits per heavy atom. The molecule has 0 aliphatic rings. The van der Waals surface area contributed by atoms with Gasteiger partial charge in [-0.2, -0.15) is 5.10 Å². The highest BCUT2D eigenvalue weighted by molar-refractivity contribution is 9.10. The van der Waals surface area contributed by atoms with Gasteiger partial charge in [0, 0.05) is 23.7 Å². The van der Waals surface area contributed by atoms with Gasteiger partial charge in [-0.25, -0.2) is 0 Å². The summed E-state index contributed by atoms with van der Waals surface area (Å²) in [6.07, 6.45) is 1.67. The van der Waals surface area contributed by atoms with E-state index in [-0.39, 0.29) is 11.7 Å². The molecule has 0 radical (unpaired) electrons. The first-order chi connectivity index (χ1) is 9.45. The summed E-state index contributed by atoms with van der Waals surface area (Å²) in [7, 11) is 1.54. The largest absolute Gasteiger partial charge is 0.496 e. The lowest BCUT2D eigenvalue weighted by molar-refractivity contribution is -0.384. The molecule has 7 heteroatoms. The smallest absolute Gasteiger partial charge is 0.270 e. The van der Waals surface area contributed by atoms with Gasteiger partial charge in [-0.1, -0.05) is 0 Å². The van der Waals surface area contributed by atoms with Crippen molar-refractivity contribution in [3.63, 3.8) is 0 Å². The van der Waals surface area contributed by atoms with E-state index in [0.717, 1.165) is 10.2 Å². The predicted molar refractivity (Wildman–Crippen MR) is 79.0 cm³/mol. The van der Waals surface area contributed by atoms with E-state index in [9.17, 15) is 10.1 Å². The number of hydrogen-bond acceptors (Lipinski definition) is 4. The molecule has 0 aliphatic carbocycles. The number of benzene rings is 1. The lowest BCUT2D eigenvalue weighted by Crippen LogP contribution is -2.05. The van der Waals surface area contributed by atoms with Crippen molar-refractivity contribution in [3.8, 4) is 17.0 Å². The maximum absolute atomic E-state index is 11.0. The third kappa shape index (κ3) is 2.53. The van der Waals surface area contributed by atoms with Crippen LogP contribution in [0.15, 0.2) is 28.9 Å². The van der Waals surface area contributed by atoms with E-state index in [1.807, 2.05) is 13.8 Å². The highest BCUT2D eigenvalue weighted by Crippen LogP contribution is 2.38. The number of methoxy groups -OCH3 is 1. The van der Waals surface area contributed by atoms with Crippen LogP contribution in [-0.4, -0.2) is 21.8 Å². The molecule has 1 aromatic heterocycles. The summed E-state index contributed by atoms with van der Waals surface area (Å²) >= 11 is 3.44. The third-order valence-corrected chi connectivity index (χ3v) is 3.47. The number of rotatable bonds is 4. The molecule has 2 rings (SSSR count). The number of halogens is 1. The van der Waals surface area contributed by atoms with Crippen LogP contribution in [0.5, 0.6) is 5.75 Å². The first-order valence-electron chi connectivity index (χ1n) is 6.01. The van der Waals surface area contributed by atoms with Gasteiger partial charge in [-0.05, 0) is 35.8 Å². The number of ether oxygens (including phenoxy) is 1. The minimum Gasteiger partial charge on any atom is -0.496 e. The van der Waals surface area contributed by atoms with Crippen LogP contribution in [0.3, 0.4) is 0 Å². The summed E-state index contributed by atoms with van der Waals surface area (Å²) in [5.74, 6) is 0.568. The second-order valence-corrected chi connectivity index (χ2v) is 5.38. The molecule has 20 heavy (non-hydrogen) atoms. The first kappa shape index (κ1) is 14.5. The summed E-state index contributed by atoms with van der Waals surface area (Å²) < 4.78 is 7.87. The Bertz CT molecular complexity index is 652. The summed E-state index contributed by atoms with van der Waals surface area (Å²) in [5.41, 5.74) is 1.42. The molecule has 106 valence electrons. The molecule has 1 heterocycles. The van der Waals surface area contributed by atoms with Gasteiger partial charge in [-0.3, -0.25) is 14.8 Å². The summed E-state index contributed by atoms with van der Waals surface area (Å²) in [4.78, 5) is 10.5. The third-order valence-electron chi connectivity index (χ3n) is 2.89. The second kappa shape index (κ2) is 5.62. The fraction of sp³-hybridized carbons (Fsp3) is 0.308. The van der Waals surface area contributed by atoms with E-state index in [2.05, 4.69) is 21.0 Å². The van der Waals surface area contributed by atoms with Crippen LogP contribution in [0.4, 0.5) is 5.69 Å². The van der Waals surface area contributed by atoms with Crippen molar-refractivity contribution in [1.29, 1.82) is 0 Å². The van der Waals surface area contributed by atoms with Crippen molar-refractivity contribution in [2.75, 3.05) is 7.11 Å². The van der Waals surface area contributed by atoms with Crippen LogP contribution >= 0.6 is 15.9 Å². The predicted octanol–water partition coefficient (Wildman–Crippen LogP) is 3.81. The van der Waals surface area contributed by atoms with Crippen molar-refractivity contribution >= 4 is 21.6 Å². The fourth-order valence-corrected chi connectivity index (χ4v) is 2.47. The van der Waals surface area contributed by atoms with Gasteiger partial charge in [0.15, 0.2) is 0 Å². The van der Waals surface area contributed by atoms with Crippen LogP contribution in [0.2, 0.25) is 0 Å². The molecule has 0 bridgehead atoms. The Kier molecular flexibility index (Phi) is 4.08. The van der Waals surface area contributed by atoms with E-state index in [1.54, 1.807) is 16.9 Å². The van der Waals surface area contributed by atoms with Gasteiger partial charge in [0.25, 0.3) is 5.69 Å². The molecule has 2 aromatic rings. The zero-order chi connectivity index (χ0) is 14.9. The zero-order valence-corrected chi connectivity index (χ0v) is 12.9. The standard InChI is InChI=1S/C13H14BrN3O3/c1-8(2)16-13(11(14)7-15-16)10-6-9(17(18)19)4-5-12(10)20-3/h4-8H,1-3H3. The molecule has 0 saturated heterocycles. The zero-order valence-electron chi connectivity index (χ0n) is 11.3. The quantitative estimate of drug-likeness (QED) is 0.627. The molecule has 0 spiro atoms. The lowest BCUT2D eigenvalue weighted by Gasteiger charge is -2.14. The van der Waals surface area contributed by atoms with E-state index in [4.69, 9.17) is 4.74 Å². The van der Waals surface area contributed by atoms with Crippen LogP contribution in [0.1, 0.15) is 19.9 Å². The van der Waals surface area contributed by atoms with E-state index in [1.165, 1.54) is 19.2 Å². The van der Waals surface area contributed by atoms with Crippen molar-refractivity contribution in [2.45, 2.75) is 19.9 Å². The van der Waals surface area contributed by atoms with Gasteiger partial charge in [0.2, 0.25) is 0 Å². The maximum Gasteiger partial charge on any atom is 0.270 e. The molecule has 0 unspecified atom stereocenters. The summed E-state index contributed by atoms with van der Waals surface area (Å²) in [6, 6.07) is 4.64. The van der Waals surface area contributed by atoms with Crippen LogP contribution in [-0.2, 0) is 0 Å². The normalized spacial score (nSPS) is 10.8. The molecule has 6 nitrogen and oxygen atoms in total. The van der Waals surface area contributed by atoms with E-state index < -0.39 is 4.92 Å². The van der Waals surface area contributed by atoms with Crippen molar-refractivity contribution < 1.29 is 9.66 Å². The molecule has 0 N–H and O–H groups in total. The Labute approximate surface area is 124 Å². The maximum atomic E-state index is 11.0. The van der Waals surface area contributed by atoms with Gasteiger partial charge < -0.3 is 4.74 Å². The molecule has 0 atom stereocenters. The topological polar surface area (TPSA) is 70.2 Å². The number of nitro groups is 1. The van der Waals surface area contributed by atoms with Crippen LogP contribution < -0.4 is 4.74 Å². The van der Waals surface area contributed by atoms with E-state index >= 15 is 0 Å². The number of aromatic nitrogens is 2. The van der Waals surface area contributed by atoms with Crippen molar-refractivity contribution in [1.82, 2.24) is 9.78 Å². The second-order valence-electron chi connectivity index (χ2n) is 4.52. The number of hydrogen-bond donors (Lipinski definition) is 0. The average Bonchev–Trinajstić information content (AvgIpc) is 2.79. The molecule has 0 aliphatic heterocycles. The van der Waals surface area contributed by atoms with Gasteiger partial charge in [-0.15, -0.1) is 0 Å². The lowest BCUT2D eigenvalue weighted by atomic mass is 10.1. The van der Waals surface area contributed by atoms with Crippen LogP contribution in [0, 0.1) is 10.1 Å². The van der Waals surface area contributed by atoms with Crippen molar-refractivity contribution in [3.05, 3.63) is 39.0 Å². The highest BCUT2D eigenvalue weighted by atomic mass is 79.9. The average molecular weight is 340 g/mol. The van der Waals surface area contributed by atoms with Gasteiger partial charge >= 0.3 is 0 Å². The highest BCUT2D eigenvalue weighted by Gasteiger charge is 2.20. The molecular formula is C13H14BrN3O3. The summed E-state index contributed by atoms with van der Waals surface area (Å²) in [6.45, 7) is 3.99. The Balaban J connectivity index is 2.70.